The largest absolute Gasteiger partial charge is 0.244 e. The maximum Gasteiger partial charge on any atom is 0.244 e. The molecular formula is C14H19BrClNO2S. The minimum absolute atomic E-state index is 0.197. The molecule has 1 fully saturated rings. The Kier molecular flexibility index (Phi) is 4.84. The Balaban J connectivity index is 2.24. The topological polar surface area (TPSA) is 37.4 Å². The standard InChI is InChI=1S/C14H19BrClNO2S/c1-3-14(2)6-8-17(9-7-14)20(18,19)13-5-4-11(15)10-12(13)16/h4-5,10H,3,6-9H2,1-2H3. The van der Waals surface area contributed by atoms with E-state index in [-0.39, 0.29) is 15.3 Å². The summed E-state index contributed by atoms with van der Waals surface area (Å²) in [5.74, 6) is 0. The average molecular weight is 381 g/mol. The van der Waals surface area contributed by atoms with Crippen molar-refractivity contribution in [2.45, 2.75) is 38.0 Å². The third-order valence-corrected chi connectivity index (χ3v) is 7.17. The first kappa shape index (κ1) is 16.3. The molecule has 0 unspecified atom stereocenters. The Labute approximate surface area is 134 Å². The zero-order valence-electron chi connectivity index (χ0n) is 11.7. The molecule has 0 bridgehead atoms. The summed E-state index contributed by atoms with van der Waals surface area (Å²) in [5, 5.41) is 0.267. The molecule has 1 aromatic carbocycles. The van der Waals surface area contributed by atoms with Gasteiger partial charge in [0.15, 0.2) is 0 Å². The molecule has 1 aliphatic heterocycles. The highest BCUT2D eigenvalue weighted by Gasteiger charge is 2.35. The summed E-state index contributed by atoms with van der Waals surface area (Å²) in [5.41, 5.74) is 0.259. The molecule has 0 radical (unpaired) electrons. The van der Waals surface area contributed by atoms with Crippen LogP contribution in [0.3, 0.4) is 0 Å². The van der Waals surface area contributed by atoms with Gasteiger partial charge < -0.3 is 0 Å². The van der Waals surface area contributed by atoms with Crippen LogP contribution in [0.5, 0.6) is 0 Å². The average Bonchev–Trinajstić information content (AvgIpc) is 2.39. The van der Waals surface area contributed by atoms with Gasteiger partial charge in [-0.15, -0.1) is 0 Å². The van der Waals surface area contributed by atoms with Crippen LogP contribution >= 0.6 is 27.5 Å². The van der Waals surface area contributed by atoms with Gasteiger partial charge in [-0.3, -0.25) is 0 Å². The van der Waals surface area contributed by atoms with Gasteiger partial charge in [0.25, 0.3) is 0 Å². The maximum absolute atomic E-state index is 12.6. The van der Waals surface area contributed by atoms with Crippen LogP contribution in [0, 0.1) is 5.41 Å². The fourth-order valence-corrected chi connectivity index (χ4v) is 4.90. The normalized spacial score (nSPS) is 20.0. The van der Waals surface area contributed by atoms with Crippen LogP contribution in [0.15, 0.2) is 27.6 Å². The lowest BCUT2D eigenvalue weighted by molar-refractivity contribution is 0.169. The lowest BCUT2D eigenvalue weighted by Crippen LogP contribution is -2.41. The molecule has 0 N–H and O–H groups in total. The highest BCUT2D eigenvalue weighted by molar-refractivity contribution is 9.10. The molecule has 1 aromatic rings. The fraction of sp³-hybridized carbons (Fsp3) is 0.571. The van der Waals surface area contributed by atoms with Crippen molar-refractivity contribution in [3.8, 4) is 0 Å². The first-order valence-electron chi connectivity index (χ1n) is 6.74. The van der Waals surface area contributed by atoms with Gasteiger partial charge in [-0.25, -0.2) is 8.42 Å². The number of nitrogens with zero attached hydrogens (tertiary/aromatic N) is 1. The van der Waals surface area contributed by atoms with E-state index in [4.69, 9.17) is 11.6 Å². The van der Waals surface area contributed by atoms with E-state index < -0.39 is 10.0 Å². The van der Waals surface area contributed by atoms with Gasteiger partial charge in [0.1, 0.15) is 4.90 Å². The minimum atomic E-state index is -3.49. The molecule has 0 amide bonds. The molecule has 0 atom stereocenters. The van der Waals surface area contributed by atoms with Crippen molar-refractivity contribution in [1.29, 1.82) is 0 Å². The Bertz CT molecular complexity index is 595. The number of piperidine rings is 1. The van der Waals surface area contributed by atoms with Gasteiger partial charge in [-0.1, -0.05) is 47.8 Å². The Hall–Kier alpha value is -0.100. The summed E-state index contributed by atoms with van der Waals surface area (Å²) >= 11 is 9.37. The predicted molar refractivity (Wildman–Crippen MR) is 85.5 cm³/mol. The highest BCUT2D eigenvalue weighted by atomic mass is 79.9. The highest BCUT2D eigenvalue weighted by Crippen LogP contribution is 2.37. The van der Waals surface area contributed by atoms with E-state index in [0.717, 1.165) is 23.7 Å². The molecule has 1 saturated heterocycles. The summed E-state index contributed by atoms with van der Waals surface area (Å²) in [6.07, 6.45) is 2.88. The van der Waals surface area contributed by atoms with Crippen LogP contribution < -0.4 is 0 Å². The molecule has 0 spiro atoms. The first-order chi connectivity index (χ1) is 9.28. The van der Waals surface area contributed by atoms with Gasteiger partial charge in [0, 0.05) is 17.6 Å². The summed E-state index contributed by atoms with van der Waals surface area (Å²) in [7, 11) is -3.49. The summed E-state index contributed by atoms with van der Waals surface area (Å²) in [6.45, 7) is 5.53. The SMILES string of the molecule is CCC1(C)CCN(S(=O)(=O)c2ccc(Br)cc2Cl)CC1. The minimum Gasteiger partial charge on any atom is -0.207 e. The lowest BCUT2D eigenvalue weighted by atomic mass is 9.79. The lowest BCUT2D eigenvalue weighted by Gasteiger charge is -2.38. The van der Waals surface area contributed by atoms with E-state index in [0.29, 0.717) is 13.1 Å². The molecule has 1 heterocycles. The Morgan fingerprint density at radius 2 is 1.95 bits per heavy atom. The van der Waals surface area contributed by atoms with Crippen LogP contribution in [-0.4, -0.2) is 25.8 Å². The van der Waals surface area contributed by atoms with Gasteiger partial charge in [0.2, 0.25) is 10.0 Å². The second-order valence-electron chi connectivity index (χ2n) is 5.64. The summed E-state index contributed by atoms with van der Waals surface area (Å²) in [6, 6.07) is 4.89. The molecule has 112 valence electrons. The van der Waals surface area contributed by atoms with Crippen LogP contribution in [0.1, 0.15) is 33.1 Å². The Morgan fingerprint density at radius 1 is 1.35 bits per heavy atom. The smallest absolute Gasteiger partial charge is 0.207 e. The van der Waals surface area contributed by atoms with Crippen LogP contribution in [-0.2, 0) is 10.0 Å². The van der Waals surface area contributed by atoms with E-state index >= 15 is 0 Å². The van der Waals surface area contributed by atoms with Gasteiger partial charge in [-0.05, 0) is 36.5 Å². The maximum atomic E-state index is 12.6. The van der Waals surface area contributed by atoms with E-state index in [1.54, 1.807) is 22.5 Å². The monoisotopic (exact) mass is 379 g/mol. The second kappa shape index (κ2) is 5.95. The van der Waals surface area contributed by atoms with Crippen molar-refractivity contribution < 1.29 is 8.42 Å². The Morgan fingerprint density at radius 3 is 2.45 bits per heavy atom. The zero-order chi connectivity index (χ0) is 15.0. The van der Waals surface area contributed by atoms with Crippen LogP contribution in [0.4, 0.5) is 0 Å². The van der Waals surface area contributed by atoms with Crippen molar-refractivity contribution in [2.24, 2.45) is 5.41 Å². The predicted octanol–water partition coefficient (Wildman–Crippen LogP) is 4.30. The summed E-state index contributed by atoms with van der Waals surface area (Å²) < 4.78 is 27.6. The number of hydrogen-bond donors (Lipinski definition) is 0. The van der Waals surface area contributed by atoms with E-state index in [2.05, 4.69) is 29.8 Å². The van der Waals surface area contributed by atoms with Gasteiger partial charge >= 0.3 is 0 Å². The molecule has 0 saturated carbocycles. The van der Waals surface area contributed by atoms with Crippen LogP contribution in [0.2, 0.25) is 5.02 Å². The molecule has 3 nitrogen and oxygen atoms in total. The summed E-state index contributed by atoms with van der Waals surface area (Å²) in [4.78, 5) is 0.197. The molecule has 2 rings (SSSR count). The second-order valence-corrected chi connectivity index (χ2v) is 8.87. The molecule has 0 aromatic heterocycles. The quantitative estimate of drug-likeness (QED) is 0.784. The van der Waals surface area contributed by atoms with E-state index in [1.807, 2.05) is 0 Å². The molecule has 1 aliphatic rings. The number of benzene rings is 1. The van der Waals surface area contributed by atoms with Crippen molar-refractivity contribution >= 4 is 37.6 Å². The zero-order valence-corrected chi connectivity index (χ0v) is 14.9. The molecule has 6 heteroatoms. The van der Waals surface area contributed by atoms with Gasteiger partial charge in [0.05, 0.1) is 5.02 Å². The number of rotatable bonds is 3. The molecule has 20 heavy (non-hydrogen) atoms. The van der Waals surface area contributed by atoms with Crippen LogP contribution in [0.25, 0.3) is 0 Å². The van der Waals surface area contributed by atoms with Gasteiger partial charge in [-0.2, -0.15) is 4.31 Å². The number of sulfonamides is 1. The third-order valence-electron chi connectivity index (χ3n) is 4.29. The van der Waals surface area contributed by atoms with E-state index in [1.165, 1.54) is 0 Å². The van der Waals surface area contributed by atoms with Crippen molar-refractivity contribution in [3.05, 3.63) is 27.7 Å². The van der Waals surface area contributed by atoms with Crippen molar-refractivity contribution in [1.82, 2.24) is 4.31 Å². The van der Waals surface area contributed by atoms with Crippen molar-refractivity contribution in [2.75, 3.05) is 13.1 Å². The first-order valence-corrected chi connectivity index (χ1v) is 9.35. The fourth-order valence-electron chi connectivity index (χ4n) is 2.44. The molecule has 0 aliphatic carbocycles. The third kappa shape index (κ3) is 3.21. The number of hydrogen-bond acceptors (Lipinski definition) is 2. The van der Waals surface area contributed by atoms with Crippen molar-refractivity contribution in [3.63, 3.8) is 0 Å². The number of halogens is 2. The molecular weight excluding hydrogens is 362 g/mol. The van der Waals surface area contributed by atoms with E-state index in [9.17, 15) is 8.42 Å².